The molecule has 2 aromatic rings. The van der Waals surface area contributed by atoms with Gasteiger partial charge in [0.15, 0.2) is 0 Å². The summed E-state index contributed by atoms with van der Waals surface area (Å²) in [4.78, 5) is 35.8. The average Bonchev–Trinajstić information content (AvgIpc) is 2.91. The zero-order valence-corrected chi connectivity index (χ0v) is 13.5. The number of benzene rings is 2. The maximum absolute atomic E-state index is 12.1. The molecule has 1 aliphatic heterocycles. The maximum Gasteiger partial charge on any atom is 0.343 e. The lowest BCUT2D eigenvalue weighted by molar-refractivity contribution is -0.118. The normalized spacial score (nSPS) is 13.8. The van der Waals surface area contributed by atoms with Gasteiger partial charge in [-0.3, -0.25) is 20.3 Å². The molecule has 122 valence electrons. The highest BCUT2D eigenvalue weighted by Gasteiger charge is 2.28. The van der Waals surface area contributed by atoms with Crippen molar-refractivity contribution in [3.8, 4) is 0 Å². The fourth-order valence-corrected chi connectivity index (χ4v) is 3.03. The van der Waals surface area contributed by atoms with Crippen molar-refractivity contribution in [2.24, 2.45) is 0 Å². The molecule has 0 saturated carbocycles. The summed E-state index contributed by atoms with van der Waals surface area (Å²) < 4.78 is 0. The van der Waals surface area contributed by atoms with E-state index >= 15 is 0 Å². The predicted octanol–water partition coefficient (Wildman–Crippen LogP) is 2.18. The van der Waals surface area contributed by atoms with Crippen LogP contribution in [0.1, 0.15) is 15.9 Å². The largest absolute Gasteiger partial charge is 0.343 e. The lowest BCUT2D eigenvalue weighted by Gasteiger charge is -2.14. The number of carbonyl (C=O) groups is 3. The molecule has 1 aliphatic rings. The molecule has 0 atom stereocenters. The highest BCUT2D eigenvalue weighted by Crippen LogP contribution is 2.22. The van der Waals surface area contributed by atoms with E-state index in [0.717, 1.165) is 16.3 Å². The highest BCUT2D eigenvalue weighted by atomic mass is 32.2. The number of nitrogens with zero attached hydrogens (tertiary/aromatic N) is 1. The maximum atomic E-state index is 12.1. The zero-order valence-electron chi connectivity index (χ0n) is 12.7. The van der Waals surface area contributed by atoms with Gasteiger partial charge in [0.25, 0.3) is 5.91 Å². The Balaban J connectivity index is 1.56. The first kappa shape index (κ1) is 16.1. The number of nitrogens with one attached hydrogen (secondary N) is 2. The molecule has 0 aromatic heterocycles. The van der Waals surface area contributed by atoms with Crippen LogP contribution in [0.15, 0.2) is 59.5 Å². The third-order valence-electron chi connectivity index (χ3n) is 3.39. The van der Waals surface area contributed by atoms with Gasteiger partial charge < -0.3 is 0 Å². The third-order valence-corrected chi connectivity index (χ3v) is 4.48. The lowest BCUT2D eigenvalue weighted by Crippen LogP contribution is -2.44. The van der Waals surface area contributed by atoms with Gasteiger partial charge in [-0.25, -0.2) is 9.80 Å². The first-order valence-corrected chi connectivity index (χ1v) is 8.29. The zero-order chi connectivity index (χ0) is 16.9. The number of urea groups is 1. The summed E-state index contributed by atoms with van der Waals surface area (Å²) in [5, 5.41) is 3.06. The molecule has 24 heavy (non-hydrogen) atoms. The SMILES string of the molecule is O=C1CN(NC(=O)c2ccc(CSc3ccccc3)cc2)C(=O)N1. The van der Waals surface area contributed by atoms with E-state index in [9.17, 15) is 14.4 Å². The second-order valence-corrected chi connectivity index (χ2v) is 6.23. The number of amides is 4. The van der Waals surface area contributed by atoms with Gasteiger partial charge in [-0.2, -0.15) is 0 Å². The van der Waals surface area contributed by atoms with Gasteiger partial charge in [0.05, 0.1) is 0 Å². The number of rotatable bonds is 5. The molecule has 1 heterocycles. The number of carbonyl (C=O) groups excluding carboxylic acids is 3. The summed E-state index contributed by atoms with van der Waals surface area (Å²) in [6.07, 6.45) is 0. The molecule has 1 saturated heterocycles. The van der Waals surface area contributed by atoms with E-state index in [4.69, 9.17) is 0 Å². The van der Waals surface area contributed by atoms with Crippen LogP contribution in [0.5, 0.6) is 0 Å². The molecular formula is C17H15N3O3S. The Hall–Kier alpha value is -2.80. The van der Waals surface area contributed by atoms with E-state index < -0.39 is 17.8 Å². The van der Waals surface area contributed by atoms with Gasteiger partial charge in [0.2, 0.25) is 5.91 Å². The molecule has 2 aromatic carbocycles. The van der Waals surface area contributed by atoms with Crippen LogP contribution in [0.4, 0.5) is 4.79 Å². The Morgan fingerprint density at radius 3 is 2.42 bits per heavy atom. The van der Waals surface area contributed by atoms with Crippen molar-refractivity contribution in [2.45, 2.75) is 10.6 Å². The molecule has 3 rings (SSSR count). The van der Waals surface area contributed by atoms with E-state index in [0.29, 0.717) is 5.56 Å². The van der Waals surface area contributed by atoms with Gasteiger partial charge in [0, 0.05) is 16.2 Å². The van der Waals surface area contributed by atoms with Gasteiger partial charge in [-0.1, -0.05) is 30.3 Å². The lowest BCUT2D eigenvalue weighted by atomic mass is 10.1. The van der Waals surface area contributed by atoms with Crippen LogP contribution >= 0.6 is 11.8 Å². The third kappa shape index (κ3) is 3.94. The summed E-state index contributed by atoms with van der Waals surface area (Å²) in [6.45, 7) is -0.170. The van der Waals surface area contributed by atoms with Crippen LogP contribution in [-0.4, -0.2) is 29.4 Å². The number of hydrogen-bond acceptors (Lipinski definition) is 4. The Bertz CT molecular complexity index is 762. The van der Waals surface area contributed by atoms with Crippen LogP contribution < -0.4 is 10.7 Å². The van der Waals surface area contributed by atoms with Gasteiger partial charge in [-0.15, -0.1) is 11.8 Å². The molecule has 7 heteroatoms. The van der Waals surface area contributed by atoms with Crippen molar-refractivity contribution < 1.29 is 14.4 Å². The van der Waals surface area contributed by atoms with Crippen molar-refractivity contribution in [3.63, 3.8) is 0 Å². The minimum Gasteiger partial charge on any atom is -0.275 e. The Morgan fingerprint density at radius 2 is 1.79 bits per heavy atom. The quantitative estimate of drug-likeness (QED) is 0.645. The molecule has 0 radical (unpaired) electrons. The van der Waals surface area contributed by atoms with E-state index in [1.165, 1.54) is 4.90 Å². The Morgan fingerprint density at radius 1 is 1.08 bits per heavy atom. The molecule has 0 bridgehead atoms. The molecule has 0 aliphatic carbocycles. The standard InChI is InChI=1S/C17H15N3O3S/c21-15-10-20(17(23)18-15)19-16(22)13-8-6-12(7-9-13)11-24-14-4-2-1-3-5-14/h1-9H,10-11H2,(H,19,22)(H,18,21,23). The number of thioether (sulfide) groups is 1. The van der Waals surface area contributed by atoms with Crippen molar-refractivity contribution >= 4 is 29.6 Å². The van der Waals surface area contributed by atoms with Crippen molar-refractivity contribution in [2.75, 3.05) is 6.54 Å². The summed E-state index contributed by atoms with van der Waals surface area (Å²) in [7, 11) is 0. The van der Waals surface area contributed by atoms with Gasteiger partial charge >= 0.3 is 6.03 Å². The molecule has 1 fully saturated rings. The van der Waals surface area contributed by atoms with E-state index in [2.05, 4.69) is 22.9 Å². The second kappa shape index (κ2) is 7.18. The smallest absolute Gasteiger partial charge is 0.275 e. The molecule has 2 N–H and O–H groups in total. The minimum atomic E-state index is -0.621. The van der Waals surface area contributed by atoms with Gasteiger partial charge in [0.1, 0.15) is 6.54 Å². The van der Waals surface area contributed by atoms with Crippen LogP contribution in [-0.2, 0) is 10.5 Å². The number of hydrazine groups is 1. The van der Waals surface area contributed by atoms with Crippen LogP contribution in [0, 0.1) is 0 Å². The summed E-state index contributed by atoms with van der Waals surface area (Å²) in [6, 6.07) is 16.6. The predicted molar refractivity (Wildman–Crippen MR) is 90.2 cm³/mol. The highest BCUT2D eigenvalue weighted by molar-refractivity contribution is 7.98. The second-order valence-electron chi connectivity index (χ2n) is 5.18. The average molecular weight is 341 g/mol. The van der Waals surface area contributed by atoms with E-state index in [-0.39, 0.29) is 6.54 Å². The molecule has 6 nitrogen and oxygen atoms in total. The van der Waals surface area contributed by atoms with Crippen LogP contribution in [0.3, 0.4) is 0 Å². The minimum absolute atomic E-state index is 0.170. The van der Waals surface area contributed by atoms with Crippen molar-refractivity contribution in [1.29, 1.82) is 0 Å². The van der Waals surface area contributed by atoms with Crippen LogP contribution in [0.25, 0.3) is 0 Å². The molecule has 0 unspecified atom stereocenters. The first-order valence-electron chi connectivity index (χ1n) is 7.31. The summed E-state index contributed by atoms with van der Waals surface area (Å²) >= 11 is 1.72. The summed E-state index contributed by atoms with van der Waals surface area (Å²) in [5.74, 6) is -0.0646. The Kier molecular flexibility index (Phi) is 4.81. The van der Waals surface area contributed by atoms with Crippen molar-refractivity contribution in [3.05, 3.63) is 65.7 Å². The monoisotopic (exact) mass is 341 g/mol. The van der Waals surface area contributed by atoms with Crippen LogP contribution in [0.2, 0.25) is 0 Å². The summed E-state index contributed by atoms with van der Waals surface area (Å²) in [5.41, 5.74) is 3.93. The first-order chi connectivity index (χ1) is 11.6. The fourth-order valence-electron chi connectivity index (χ4n) is 2.15. The fraction of sp³-hybridized carbons (Fsp3) is 0.118. The topological polar surface area (TPSA) is 78.5 Å². The van der Waals surface area contributed by atoms with E-state index in [1.54, 1.807) is 23.9 Å². The molecule has 0 spiro atoms. The molecule has 4 amide bonds. The number of imide groups is 1. The Labute approximate surface area is 143 Å². The molecular weight excluding hydrogens is 326 g/mol. The van der Waals surface area contributed by atoms with Gasteiger partial charge in [-0.05, 0) is 29.8 Å². The number of hydrogen-bond donors (Lipinski definition) is 2. The van der Waals surface area contributed by atoms with E-state index in [1.807, 2.05) is 30.3 Å². The van der Waals surface area contributed by atoms with Crippen molar-refractivity contribution in [1.82, 2.24) is 15.8 Å².